The zero-order valence-corrected chi connectivity index (χ0v) is 11.1. The van der Waals surface area contributed by atoms with Crippen LogP contribution in [0.2, 0.25) is 0 Å². The Hall–Kier alpha value is -1.06. The minimum atomic E-state index is 0.521. The van der Waals surface area contributed by atoms with E-state index in [9.17, 15) is 0 Å². The number of fused-ring (bicyclic) bond motifs is 1. The monoisotopic (exact) mass is 246 g/mol. The van der Waals surface area contributed by atoms with Gasteiger partial charge in [0.25, 0.3) is 0 Å². The Morgan fingerprint density at radius 3 is 3.06 bits per heavy atom. The average Bonchev–Trinajstić information content (AvgIpc) is 2.97. The van der Waals surface area contributed by atoms with Crippen LogP contribution in [0.5, 0.6) is 5.75 Å². The highest BCUT2D eigenvalue weighted by Crippen LogP contribution is 2.32. The second-order valence-corrected chi connectivity index (χ2v) is 5.48. The molecule has 1 aromatic carbocycles. The Kier molecular flexibility index (Phi) is 3.52. The molecule has 0 amide bonds. The molecule has 1 fully saturated rings. The molecule has 3 nitrogen and oxygen atoms in total. The van der Waals surface area contributed by atoms with E-state index in [0.717, 1.165) is 31.5 Å². The Labute approximate surface area is 109 Å². The van der Waals surface area contributed by atoms with Gasteiger partial charge in [0.1, 0.15) is 5.75 Å². The van der Waals surface area contributed by atoms with Gasteiger partial charge in [-0.15, -0.1) is 0 Å². The number of ether oxygens (including phenoxy) is 1. The van der Waals surface area contributed by atoms with E-state index in [1.807, 2.05) is 6.07 Å². The Balaban J connectivity index is 1.50. The number of hydrogen-bond acceptors (Lipinski definition) is 3. The number of nitrogens with zero attached hydrogens (tertiary/aromatic N) is 1. The molecule has 1 saturated heterocycles. The maximum absolute atomic E-state index is 5.70. The molecule has 0 saturated carbocycles. The first kappa shape index (κ1) is 12.0. The topological polar surface area (TPSA) is 24.5 Å². The number of likely N-dealkylation sites (N-methyl/N-ethyl adjacent to an activating group) is 1. The van der Waals surface area contributed by atoms with Crippen LogP contribution in [-0.2, 0) is 0 Å². The highest BCUT2D eigenvalue weighted by Gasteiger charge is 2.24. The number of likely N-dealkylation sites (tertiary alicyclic amines) is 1. The zero-order chi connectivity index (χ0) is 12.4. The van der Waals surface area contributed by atoms with Crippen molar-refractivity contribution in [1.29, 1.82) is 0 Å². The summed E-state index contributed by atoms with van der Waals surface area (Å²) in [5.74, 6) is 1.59. The molecule has 2 atom stereocenters. The van der Waals surface area contributed by atoms with Gasteiger partial charge in [-0.3, -0.25) is 0 Å². The quantitative estimate of drug-likeness (QED) is 0.877. The summed E-state index contributed by atoms with van der Waals surface area (Å²) in [6.07, 6.45) is 2.68. The van der Waals surface area contributed by atoms with E-state index in [1.165, 1.54) is 24.9 Å². The summed E-state index contributed by atoms with van der Waals surface area (Å²) in [6.45, 7) is 4.21. The SMILES string of the molecule is CN1CCCC1CNCC1COc2ccccc21. The van der Waals surface area contributed by atoms with Gasteiger partial charge in [0.15, 0.2) is 0 Å². The van der Waals surface area contributed by atoms with Crippen molar-refractivity contribution in [1.82, 2.24) is 10.2 Å². The predicted molar refractivity (Wildman–Crippen MR) is 73.2 cm³/mol. The molecule has 0 aromatic heterocycles. The van der Waals surface area contributed by atoms with Gasteiger partial charge >= 0.3 is 0 Å². The number of rotatable bonds is 4. The van der Waals surface area contributed by atoms with Crippen LogP contribution in [0.4, 0.5) is 0 Å². The third-order valence-corrected chi connectivity index (χ3v) is 4.24. The lowest BCUT2D eigenvalue weighted by atomic mass is 10.0. The van der Waals surface area contributed by atoms with Gasteiger partial charge in [-0.1, -0.05) is 18.2 Å². The van der Waals surface area contributed by atoms with Crippen LogP contribution in [0.1, 0.15) is 24.3 Å². The second-order valence-electron chi connectivity index (χ2n) is 5.48. The van der Waals surface area contributed by atoms with Crippen molar-refractivity contribution in [2.45, 2.75) is 24.8 Å². The maximum Gasteiger partial charge on any atom is 0.122 e. The summed E-state index contributed by atoms with van der Waals surface area (Å²) < 4.78 is 5.70. The third kappa shape index (κ3) is 2.38. The van der Waals surface area contributed by atoms with Crippen LogP contribution in [0, 0.1) is 0 Å². The molecular weight excluding hydrogens is 224 g/mol. The lowest BCUT2D eigenvalue weighted by Gasteiger charge is -2.20. The number of benzene rings is 1. The standard InChI is InChI=1S/C15H22N2O/c1-17-8-4-5-13(17)10-16-9-12-11-18-15-7-3-2-6-14(12)15/h2-3,6-7,12-13,16H,4-5,8-11H2,1H3. The minimum absolute atomic E-state index is 0.521. The van der Waals surface area contributed by atoms with E-state index < -0.39 is 0 Å². The van der Waals surface area contributed by atoms with E-state index in [4.69, 9.17) is 4.74 Å². The molecule has 98 valence electrons. The summed E-state index contributed by atoms with van der Waals surface area (Å²) in [5.41, 5.74) is 1.37. The summed E-state index contributed by atoms with van der Waals surface area (Å²) in [5, 5.41) is 3.62. The molecule has 2 aliphatic heterocycles. The first-order valence-corrected chi connectivity index (χ1v) is 6.97. The fourth-order valence-electron chi connectivity index (χ4n) is 3.06. The van der Waals surface area contributed by atoms with Crippen LogP contribution in [0.25, 0.3) is 0 Å². The van der Waals surface area contributed by atoms with Crippen LogP contribution >= 0.6 is 0 Å². The lowest BCUT2D eigenvalue weighted by molar-refractivity contribution is 0.290. The highest BCUT2D eigenvalue weighted by atomic mass is 16.5. The number of para-hydroxylation sites is 1. The van der Waals surface area contributed by atoms with E-state index in [-0.39, 0.29) is 0 Å². The fraction of sp³-hybridized carbons (Fsp3) is 0.600. The van der Waals surface area contributed by atoms with Gasteiger partial charge in [0.2, 0.25) is 0 Å². The minimum Gasteiger partial charge on any atom is -0.493 e. The zero-order valence-electron chi connectivity index (χ0n) is 11.1. The molecule has 2 unspecified atom stereocenters. The molecular formula is C15H22N2O. The van der Waals surface area contributed by atoms with E-state index in [1.54, 1.807) is 0 Å². The van der Waals surface area contributed by atoms with Crippen molar-refractivity contribution in [2.24, 2.45) is 0 Å². The van der Waals surface area contributed by atoms with Crippen LogP contribution in [-0.4, -0.2) is 44.2 Å². The number of nitrogens with one attached hydrogen (secondary N) is 1. The summed E-state index contributed by atoms with van der Waals surface area (Å²) in [4.78, 5) is 2.46. The van der Waals surface area contributed by atoms with Crippen molar-refractivity contribution in [3.63, 3.8) is 0 Å². The number of hydrogen-bond donors (Lipinski definition) is 1. The smallest absolute Gasteiger partial charge is 0.122 e. The highest BCUT2D eigenvalue weighted by molar-refractivity contribution is 5.39. The molecule has 0 spiro atoms. The molecule has 1 aromatic rings. The van der Waals surface area contributed by atoms with Crippen molar-refractivity contribution in [3.8, 4) is 5.75 Å². The van der Waals surface area contributed by atoms with E-state index in [2.05, 4.69) is 35.5 Å². The van der Waals surface area contributed by atoms with Crippen molar-refractivity contribution < 1.29 is 4.74 Å². The van der Waals surface area contributed by atoms with Gasteiger partial charge in [0.05, 0.1) is 6.61 Å². The summed E-state index contributed by atoms with van der Waals surface area (Å²) in [7, 11) is 2.23. The van der Waals surface area contributed by atoms with E-state index >= 15 is 0 Å². The lowest BCUT2D eigenvalue weighted by Crippen LogP contribution is -2.37. The maximum atomic E-state index is 5.70. The molecule has 2 aliphatic rings. The normalized spacial score (nSPS) is 27.2. The van der Waals surface area contributed by atoms with Crippen LogP contribution in [0.15, 0.2) is 24.3 Å². The van der Waals surface area contributed by atoms with E-state index in [0.29, 0.717) is 5.92 Å². The second kappa shape index (κ2) is 5.29. The van der Waals surface area contributed by atoms with Crippen molar-refractivity contribution >= 4 is 0 Å². The largest absolute Gasteiger partial charge is 0.493 e. The van der Waals surface area contributed by atoms with Crippen LogP contribution in [0.3, 0.4) is 0 Å². The van der Waals surface area contributed by atoms with Gasteiger partial charge in [-0.05, 0) is 32.5 Å². The molecule has 0 aliphatic carbocycles. The fourth-order valence-corrected chi connectivity index (χ4v) is 3.06. The first-order valence-electron chi connectivity index (χ1n) is 6.97. The predicted octanol–water partition coefficient (Wildman–Crippen LogP) is 1.85. The Morgan fingerprint density at radius 2 is 2.22 bits per heavy atom. The summed E-state index contributed by atoms with van der Waals surface area (Å²) in [6, 6.07) is 9.13. The van der Waals surface area contributed by atoms with Gasteiger partial charge in [-0.2, -0.15) is 0 Å². The van der Waals surface area contributed by atoms with Gasteiger partial charge in [0, 0.05) is 30.6 Å². The average molecular weight is 246 g/mol. The Bertz CT molecular complexity index is 407. The Morgan fingerprint density at radius 1 is 1.33 bits per heavy atom. The first-order chi connectivity index (χ1) is 8.84. The van der Waals surface area contributed by atoms with Crippen molar-refractivity contribution in [2.75, 3.05) is 33.3 Å². The van der Waals surface area contributed by atoms with Crippen molar-refractivity contribution in [3.05, 3.63) is 29.8 Å². The van der Waals surface area contributed by atoms with Crippen LogP contribution < -0.4 is 10.1 Å². The molecule has 0 radical (unpaired) electrons. The molecule has 2 heterocycles. The molecule has 3 rings (SSSR count). The summed E-state index contributed by atoms with van der Waals surface area (Å²) >= 11 is 0. The molecule has 18 heavy (non-hydrogen) atoms. The third-order valence-electron chi connectivity index (χ3n) is 4.24. The van der Waals surface area contributed by atoms with Gasteiger partial charge < -0.3 is 15.0 Å². The molecule has 1 N–H and O–H groups in total. The van der Waals surface area contributed by atoms with Gasteiger partial charge in [-0.25, -0.2) is 0 Å². The molecule has 3 heteroatoms. The molecule has 0 bridgehead atoms.